The number of nitrogens with zero attached hydrogens (tertiary/aromatic N) is 5. The second kappa shape index (κ2) is 29.4. The highest BCUT2D eigenvalue weighted by atomic mass is 32.2. The lowest BCUT2D eigenvalue weighted by Gasteiger charge is -2.47. The number of hydrogen-bond donors (Lipinski definition) is 0. The van der Waals surface area contributed by atoms with Gasteiger partial charge in [0.1, 0.15) is 0 Å². The summed E-state index contributed by atoms with van der Waals surface area (Å²) in [4.78, 5) is 13.0. The van der Waals surface area contributed by atoms with E-state index in [4.69, 9.17) is 0 Å². The standard InChI is InChI=1S/C116H103B2N5S/c1-112(2,3)78-52-58-85(59-53-78)120-100-66-81(115(10,11)12)54-60-94(100)117-96-72-97-106(73-102(96)123(111-90(76-40-26-18-27-41-76)50-35-51-91(111)77-42-28-19-29-43-77)104-69-86(68-103(120)108(104)117)119(83-44-30-20-31-45-83)84-46-32-21-33-47-84)124-107-71-87(121-98-62-56-79(113(4,5)6)64-92(98)93-65-80(114(7,8)9)57-63-99(93)121)70-105-109(107)118(97)95-61-55-82(116(13,14)15)67-101(95)122(105)110-88(74-36-22-16-23-37-74)48-34-49-89(110)75-38-24-17-25-39-75/h16-73H,1-15H3. The fourth-order valence-electron chi connectivity index (χ4n) is 20.1. The molecular weight excluding hydrogens is 1520 g/mol. The Kier molecular flexibility index (Phi) is 18.5. The number of fused-ring (bicyclic) bond motifs is 11. The fourth-order valence-corrected chi connectivity index (χ4v) is 21.3. The first-order chi connectivity index (χ1) is 59.7. The van der Waals surface area contributed by atoms with E-state index in [9.17, 15) is 0 Å². The van der Waals surface area contributed by atoms with E-state index in [0.29, 0.717) is 0 Å². The summed E-state index contributed by atoms with van der Waals surface area (Å²) in [5.41, 5.74) is 39.5. The van der Waals surface area contributed by atoms with Crippen molar-refractivity contribution < 1.29 is 0 Å². The number of aromatic nitrogens is 1. The van der Waals surface area contributed by atoms with Gasteiger partial charge >= 0.3 is 0 Å². The molecule has 0 atom stereocenters. The van der Waals surface area contributed by atoms with Crippen LogP contribution in [-0.4, -0.2) is 18.0 Å². The molecule has 0 amide bonds. The zero-order valence-corrected chi connectivity index (χ0v) is 74.6. The number of rotatable bonds is 11. The van der Waals surface area contributed by atoms with E-state index < -0.39 is 0 Å². The van der Waals surface area contributed by atoms with Crippen LogP contribution in [0.25, 0.3) is 72.0 Å². The molecule has 16 aromatic carbocycles. The third-order valence-corrected chi connectivity index (χ3v) is 27.7. The van der Waals surface area contributed by atoms with Crippen molar-refractivity contribution in [2.75, 3.05) is 19.6 Å². The molecule has 1 aromatic heterocycles. The van der Waals surface area contributed by atoms with Crippen molar-refractivity contribution in [2.45, 2.75) is 141 Å². The lowest BCUT2D eigenvalue weighted by Crippen LogP contribution is -2.64. The first kappa shape index (κ1) is 78.3. The van der Waals surface area contributed by atoms with Gasteiger partial charge in [-0.3, -0.25) is 0 Å². The lowest BCUT2D eigenvalue weighted by atomic mass is 9.31. The Morgan fingerprint density at radius 1 is 0.242 bits per heavy atom. The Morgan fingerprint density at radius 3 is 1.02 bits per heavy atom. The highest BCUT2D eigenvalue weighted by Crippen LogP contribution is 2.56. The second-order valence-electron chi connectivity index (χ2n) is 39.7. The van der Waals surface area contributed by atoms with Crippen LogP contribution in [0, 0.1) is 0 Å². The monoisotopic (exact) mass is 1620 g/mol. The van der Waals surface area contributed by atoms with E-state index >= 15 is 0 Å². The predicted octanol–water partition coefficient (Wildman–Crippen LogP) is 28.3. The normalized spacial score (nSPS) is 13.5. The molecule has 0 unspecified atom stereocenters. The van der Waals surface area contributed by atoms with E-state index in [2.05, 4.69) is 480 Å². The van der Waals surface area contributed by atoms with Crippen molar-refractivity contribution in [2.24, 2.45) is 0 Å². The summed E-state index contributed by atoms with van der Waals surface area (Å²) in [5.74, 6) is 0. The molecule has 0 bridgehead atoms. The number of anilines is 12. The minimum atomic E-state index is -0.272. The quantitative estimate of drug-likeness (QED) is 0.120. The van der Waals surface area contributed by atoms with Gasteiger partial charge in [-0.15, -0.1) is 0 Å². The Morgan fingerprint density at radius 2 is 0.597 bits per heavy atom. The molecule has 0 aliphatic carbocycles. The Hall–Kier alpha value is -13.0. The van der Waals surface area contributed by atoms with Crippen LogP contribution in [0.3, 0.4) is 0 Å². The van der Waals surface area contributed by atoms with Crippen LogP contribution >= 0.6 is 11.8 Å². The zero-order chi connectivity index (χ0) is 85.2. The van der Waals surface area contributed by atoms with Crippen molar-refractivity contribution in [3.05, 3.63) is 380 Å². The van der Waals surface area contributed by atoms with E-state index in [-0.39, 0.29) is 40.5 Å². The molecule has 0 N–H and O–H groups in total. The summed E-state index contributed by atoms with van der Waals surface area (Å²) in [6.07, 6.45) is 0. The maximum Gasteiger partial charge on any atom is 0.252 e. The number of benzene rings is 16. The molecule has 4 aliphatic heterocycles. The summed E-state index contributed by atoms with van der Waals surface area (Å²) in [6, 6.07) is 136. The van der Waals surface area contributed by atoms with Crippen LogP contribution in [0.15, 0.2) is 362 Å². The Bertz CT molecular complexity index is 6860. The van der Waals surface area contributed by atoms with Crippen LogP contribution in [0.2, 0.25) is 0 Å². The molecule has 0 fully saturated rings. The zero-order valence-electron chi connectivity index (χ0n) is 73.8. The van der Waals surface area contributed by atoms with Gasteiger partial charge in [-0.1, -0.05) is 370 Å². The third kappa shape index (κ3) is 13.1. The van der Waals surface area contributed by atoms with Gasteiger partial charge < -0.3 is 24.2 Å². The van der Waals surface area contributed by atoms with Crippen LogP contribution < -0.4 is 52.4 Å². The average Bonchev–Trinajstić information content (AvgIpc) is 0.726. The van der Waals surface area contributed by atoms with Gasteiger partial charge in [0.05, 0.1) is 28.1 Å². The maximum absolute atomic E-state index is 2.74. The molecule has 5 nitrogen and oxygen atoms in total. The molecule has 0 saturated carbocycles. The number of para-hydroxylation sites is 4. The predicted molar refractivity (Wildman–Crippen MR) is 535 cm³/mol. The highest BCUT2D eigenvalue weighted by Gasteiger charge is 2.50. The molecule has 4 aliphatic rings. The number of hydrogen-bond acceptors (Lipinski definition) is 5. The van der Waals surface area contributed by atoms with Gasteiger partial charge in [0.25, 0.3) is 6.71 Å². The topological polar surface area (TPSA) is 17.9 Å². The summed E-state index contributed by atoms with van der Waals surface area (Å²) in [6.45, 7) is 34.8. The fraction of sp³-hybridized carbons (Fsp3) is 0.172. The molecule has 0 radical (unpaired) electrons. The smallest absolute Gasteiger partial charge is 0.252 e. The molecule has 21 rings (SSSR count). The van der Waals surface area contributed by atoms with Crippen LogP contribution in [-0.2, 0) is 27.1 Å². The Balaban J connectivity index is 0.924. The lowest BCUT2D eigenvalue weighted by molar-refractivity contribution is 0.590. The molecule has 604 valence electrons. The summed E-state index contributed by atoms with van der Waals surface area (Å²) < 4.78 is 2.61. The van der Waals surface area contributed by atoms with Crippen molar-refractivity contribution in [1.29, 1.82) is 0 Å². The van der Waals surface area contributed by atoms with Crippen molar-refractivity contribution in [3.63, 3.8) is 0 Å². The maximum atomic E-state index is 2.74. The van der Waals surface area contributed by atoms with Gasteiger partial charge in [0.2, 0.25) is 6.71 Å². The largest absolute Gasteiger partial charge is 0.311 e. The van der Waals surface area contributed by atoms with Crippen LogP contribution in [0.1, 0.15) is 132 Å². The van der Waals surface area contributed by atoms with Crippen molar-refractivity contribution >= 4 is 148 Å². The van der Waals surface area contributed by atoms with Gasteiger partial charge in [-0.2, -0.15) is 0 Å². The van der Waals surface area contributed by atoms with Crippen molar-refractivity contribution in [3.8, 4) is 50.2 Å². The van der Waals surface area contributed by atoms with Crippen LogP contribution in [0.4, 0.5) is 68.2 Å². The summed E-state index contributed by atoms with van der Waals surface area (Å²) >= 11 is 1.95. The molecule has 8 heteroatoms. The van der Waals surface area contributed by atoms with E-state index in [0.717, 1.165) is 101 Å². The van der Waals surface area contributed by atoms with Gasteiger partial charge in [-0.05, 0) is 208 Å². The molecule has 124 heavy (non-hydrogen) atoms. The molecular formula is C116H103B2N5S. The summed E-state index contributed by atoms with van der Waals surface area (Å²) in [7, 11) is 0. The Labute approximate surface area is 737 Å². The minimum absolute atomic E-state index is 0.0781. The molecule has 0 spiro atoms. The van der Waals surface area contributed by atoms with Crippen molar-refractivity contribution in [1.82, 2.24) is 4.57 Å². The first-order valence-electron chi connectivity index (χ1n) is 44.2. The van der Waals surface area contributed by atoms with E-state index in [1.165, 1.54) is 109 Å². The third-order valence-electron chi connectivity index (χ3n) is 26.6. The van der Waals surface area contributed by atoms with E-state index in [1.807, 2.05) is 11.8 Å². The molecule has 17 aromatic rings. The van der Waals surface area contributed by atoms with Gasteiger partial charge in [0.15, 0.2) is 0 Å². The van der Waals surface area contributed by atoms with Gasteiger partial charge in [0, 0.05) is 99.7 Å². The molecule has 5 heterocycles. The van der Waals surface area contributed by atoms with Gasteiger partial charge in [-0.25, -0.2) is 0 Å². The first-order valence-corrected chi connectivity index (χ1v) is 45.0. The second-order valence-corrected chi connectivity index (χ2v) is 40.8. The summed E-state index contributed by atoms with van der Waals surface area (Å²) in [5, 5.41) is 2.52. The van der Waals surface area contributed by atoms with Crippen LogP contribution in [0.5, 0.6) is 0 Å². The van der Waals surface area contributed by atoms with E-state index in [1.54, 1.807) is 0 Å². The highest BCUT2D eigenvalue weighted by molar-refractivity contribution is 8.00. The average molecular weight is 1620 g/mol. The molecule has 0 saturated heterocycles. The minimum Gasteiger partial charge on any atom is -0.311 e. The SMILES string of the molecule is CC(C)(C)c1ccc(N2c3cc(C(C)(C)C)ccc3B3c4cc5c(cc4N(c4c(-c6ccccc6)cccc4-c4ccccc4)c4cc(N(c6ccccc6)c6ccccc6)cc2c43)Sc2cc(-n3c4ccc(C(C)(C)C)cc4c4cc(C(C)(C)C)ccc43)cc3c2B5c2ccc(C(C)(C)C)cc2N3c2c(-c3ccccc3)cccc2-c2ccccc2)cc1.